The monoisotopic (exact) mass is 455 g/mol. The van der Waals surface area contributed by atoms with E-state index in [-0.39, 0.29) is 24.0 Å². The van der Waals surface area contributed by atoms with Crippen LogP contribution in [0.25, 0.3) is 0 Å². The maximum atomic E-state index is 12.1. The number of hydrogen-bond donors (Lipinski definition) is 2. The minimum Gasteiger partial charge on any atom is -0.445 e. The number of nitrogens with zero attached hydrogens (tertiary/aromatic N) is 3. The van der Waals surface area contributed by atoms with Crippen molar-refractivity contribution in [3.8, 4) is 0 Å². The summed E-state index contributed by atoms with van der Waals surface area (Å²) in [6.45, 7) is 3.86. The molecule has 33 heavy (non-hydrogen) atoms. The molecule has 4 rings (SSSR count). The van der Waals surface area contributed by atoms with E-state index in [0.29, 0.717) is 6.54 Å². The number of nitro benzene ring substituents is 1. The highest BCUT2D eigenvalue weighted by molar-refractivity contribution is 5.85. The summed E-state index contributed by atoms with van der Waals surface area (Å²) in [6, 6.07) is 15.4. The van der Waals surface area contributed by atoms with E-state index in [1.807, 2.05) is 18.2 Å². The molecule has 11 heteroatoms. The van der Waals surface area contributed by atoms with Crippen molar-refractivity contribution in [1.82, 2.24) is 10.2 Å². The van der Waals surface area contributed by atoms with Crippen molar-refractivity contribution in [3.05, 3.63) is 64.7 Å². The summed E-state index contributed by atoms with van der Waals surface area (Å²) in [5, 5.41) is 16.1. The van der Waals surface area contributed by atoms with Crippen LogP contribution in [0.2, 0.25) is 0 Å². The summed E-state index contributed by atoms with van der Waals surface area (Å²) < 4.78 is 10.5. The second kappa shape index (κ2) is 10.2. The van der Waals surface area contributed by atoms with E-state index in [1.165, 1.54) is 30.0 Å². The third-order valence-electron chi connectivity index (χ3n) is 5.64. The topological polar surface area (TPSA) is 126 Å². The van der Waals surface area contributed by atoms with Gasteiger partial charge in [0.25, 0.3) is 5.69 Å². The Morgan fingerprint density at radius 1 is 1.15 bits per heavy atom. The van der Waals surface area contributed by atoms with E-state index in [1.54, 1.807) is 0 Å². The second-order valence-electron chi connectivity index (χ2n) is 7.85. The number of carbonyl (C=O) groups excluding carboxylic acids is 2. The number of rotatable bonds is 7. The molecule has 2 saturated heterocycles. The van der Waals surface area contributed by atoms with Gasteiger partial charge in [0.05, 0.1) is 16.7 Å². The quantitative estimate of drug-likeness (QED) is 0.482. The first kappa shape index (κ1) is 22.3. The minimum atomic E-state index is -0.784. The Morgan fingerprint density at radius 2 is 1.91 bits per heavy atom. The molecule has 0 aliphatic carbocycles. The molecule has 2 aromatic carbocycles. The number of carbonyl (C=O) groups is 2. The van der Waals surface area contributed by atoms with E-state index < -0.39 is 23.2 Å². The standard InChI is InChI=1S/C22H25N5O6/c28-21(23-16-5-4-8-18(13-16)27(30)31)32-15-20-19(24-22(29)33-20)14-25-9-11-26(12-10-25)17-6-2-1-3-7-17/h1-8,13,19-20H,9-12,14-15H2,(H,23,28)(H,24,29)/t19-,20-/m1/s1. The number of alkyl carbamates (subject to hydrolysis) is 1. The molecule has 2 amide bonds. The van der Waals surface area contributed by atoms with Gasteiger partial charge < -0.3 is 19.7 Å². The van der Waals surface area contributed by atoms with Crippen molar-refractivity contribution in [2.24, 2.45) is 0 Å². The molecule has 0 bridgehead atoms. The fraction of sp³-hybridized carbons (Fsp3) is 0.364. The summed E-state index contributed by atoms with van der Waals surface area (Å²) in [5.41, 5.74) is 1.29. The van der Waals surface area contributed by atoms with Gasteiger partial charge in [0.15, 0.2) is 6.10 Å². The maximum Gasteiger partial charge on any atom is 0.411 e. The second-order valence-corrected chi connectivity index (χ2v) is 7.85. The highest BCUT2D eigenvalue weighted by atomic mass is 16.6. The van der Waals surface area contributed by atoms with Crippen LogP contribution < -0.4 is 15.5 Å². The number of nitro groups is 1. The van der Waals surface area contributed by atoms with E-state index in [2.05, 4.69) is 32.6 Å². The Hall–Kier alpha value is -3.86. The van der Waals surface area contributed by atoms with E-state index in [0.717, 1.165) is 26.2 Å². The summed E-state index contributed by atoms with van der Waals surface area (Å²) >= 11 is 0. The Labute approximate surface area is 190 Å². The maximum absolute atomic E-state index is 12.1. The molecular formula is C22H25N5O6. The number of amides is 2. The average Bonchev–Trinajstić information content (AvgIpc) is 3.17. The van der Waals surface area contributed by atoms with Crippen LogP contribution >= 0.6 is 0 Å². The van der Waals surface area contributed by atoms with Gasteiger partial charge in [-0.25, -0.2) is 9.59 Å². The number of nitrogens with one attached hydrogen (secondary N) is 2. The van der Waals surface area contributed by atoms with Crippen LogP contribution in [-0.4, -0.2) is 73.5 Å². The summed E-state index contributed by atoms with van der Waals surface area (Å²) in [4.78, 5) is 38.8. The lowest BCUT2D eigenvalue weighted by molar-refractivity contribution is -0.384. The number of ether oxygens (including phenoxy) is 2. The molecule has 0 saturated carbocycles. The number of piperazine rings is 1. The van der Waals surface area contributed by atoms with Crippen molar-refractivity contribution in [2.75, 3.05) is 49.5 Å². The first-order valence-corrected chi connectivity index (χ1v) is 10.7. The molecule has 2 fully saturated rings. The summed E-state index contributed by atoms with van der Waals surface area (Å²) in [5.74, 6) is 0. The predicted molar refractivity (Wildman–Crippen MR) is 120 cm³/mol. The number of para-hydroxylation sites is 1. The van der Waals surface area contributed by atoms with Gasteiger partial charge in [0.2, 0.25) is 0 Å². The lowest BCUT2D eigenvalue weighted by Crippen LogP contribution is -2.52. The Kier molecular flexibility index (Phi) is 6.89. The van der Waals surface area contributed by atoms with Crippen molar-refractivity contribution >= 4 is 29.2 Å². The van der Waals surface area contributed by atoms with E-state index in [4.69, 9.17) is 9.47 Å². The largest absolute Gasteiger partial charge is 0.445 e. The summed E-state index contributed by atoms with van der Waals surface area (Å²) in [7, 11) is 0. The molecule has 2 atom stereocenters. The number of anilines is 2. The predicted octanol–water partition coefficient (Wildman–Crippen LogP) is 2.44. The van der Waals surface area contributed by atoms with Gasteiger partial charge in [-0.15, -0.1) is 0 Å². The molecule has 0 radical (unpaired) electrons. The lowest BCUT2D eigenvalue weighted by Gasteiger charge is -2.37. The normalized spacial score (nSPS) is 20.6. The molecule has 2 aliphatic heterocycles. The SMILES string of the molecule is O=C(Nc1cccc([N+](=O)[O-])c1)OC[C@H]1OC(=O)N[C@@H]1CN1CCN(c2ccccc2)CC1. The smallest absolute Gasteiger partial charge is 0.411 e. The van der Waals surface area contributed by atoms with Crippen LogP contribution in [0.15, 0.2) is 54.6 Å². The Bertz CT molecular complexity index is 996. The van der Waals surface area contributed by atoms with Gasteiger partial charge in [0, 0.05) is 50.5 Å². The van der Waals surface area contributed by atoms with Gasteiger partial charge in [0.1, 0.15) is 6.61 Å². The van der Waals surface area contributed by atoms with Crippen molar-refractivity contribution in [3.63, 3.8) is 0 Å². The van der Waals surface area contributed by atoms with Crippen molar-refractivity contribution in [2.45, 2.75) is 12.1 Å². The first-order valence-electron chi connectivity index (χ1n) is 10.7. The molecule has 2 N–H and O–H groups in total. The van der Waals surface area contributed by atoms with Gasteiger partial charge in [-0.3, -0.25) is 20.3 Å². The van der Waals surface area contributed by atoms with Crippen LogP contribution in [0.5, 0.6) is 0 Å². The Morgan fingerprint density at radius 3 is 2.64 bits per heavy atom. The van der Waals surface area contributed by atoms with E-state index in [9.17, 15) is 19.7 Å². The lowest BCUT2D eigenvalue weighted by atomic mass is 10.1. The fourth-order valence-electron chi connectivity index (χ4n) is 3.93. The number of cyclic esters (lactones) is 1. The molecule has 11 nitrogen and oxygen atoms in total. The van der Waals surface area contributed by atoms with Gasteiger partial charge in [-0.1, -0.05) is 24.3 Å². The van der Waals surface area contributed by atoms with Crippen LogP contribution in [-0.2, 0) is 9.47 Å². The van der Waals surface area contributed by atoms with Crippen LogP contribution in [0.4, 0.5) is 26.7 Å². The average molecular weight is 455 g/mol. The van der Waals surface area contributed by atoms with Crippen LogP contribution in [0.1, 0.15) is 0 Å². The van der Waals surface area contributed by atoms with E-state index >= 15 is 0 Å². The third-order valence-corrected chi connectivity index (χ3v) is 5.64. The Balaban J connectivity index is 1.25. The van der Waals surface area contributed by atoms with Crippen LogP contribution in [0.3, 0.4) is 0 Å². The molecule has 0 unspecified atom stereocenters. The first-order chi connectivity index (χ1) is 16.0. The molecular weight excluding hydrogens is 430 g/mol. The molecule has 0 spiro atoms. The zero-order valence-electron chi connectivity index (χ0n) is 17.9. The minimum absolute atomic E-state index is 0.131. The molecule has 2 aromatic rings. The molecule has 0 aromatic heterocycles. The molecule has 2 aliphatic rings. The number of benzene rings is 2. The van der Waals surface area contributed by atoms with Crippen LogP contribution in [0, 0.1) is 10.1 Å². The summed E-state index contributed by atoms with van der Waals surface area (Å²) in [6.07, 6.45) is -1.95. The van der Waals surface area contributed by atoms with Gasteiger partial charge in [-0.05, 0) is 18.2 Å². The van der Waals surface area contributed by atoms with Gasteiger partial charge >= 0.3 is 12.2 Å². The zero-order chi connectivity index (χ0) is 23.2. The third kappa shape index (κ3) is 5.89. The highest BCUT2D eigenvalue weighted by Crippen LogP contribution is 2.19. The molecule has 2 heterocycles. The van der Waals surface area contributed by atoms with Gasteiger partial charge in [-0.2, -0.15) is 0 Å². The highest BCUT2D eigenvalue weighted by Gasteiger charge is 2.36. The number of non-ortho nitro benzene ring substituents is 1. The fourth-order valence-corrected chi connectivity index (χ4v) is 3.93. The molecule has 174 valence electrons. The van der Waals surface area contributed by atoms with Crippen molar-refractivity contribution in [1.29, 1.82) is 0 Å². The number of hydrogen-bond acceptors (Lipinski definition) is 8. The zero-order valence-corrected chi connectivity index (χ0v) is 17.9. The van der Waals surface area contributed by atoms with Crippen molar-refractivity contribution < 1.29 is 24.0 Å².